The van der Waals surface area contributed by atoms with Crippen LogP contribution in [0.5, 0.6) is 0 Å². The number of aromatic nitrogens is 3. The second-order valence-electron chi connectivity index (χ2n) is 4.20. The van der Waals surface area contributed by atoms with Gasteiger partial charge >= 0.3 is 0 Å². The maximum absolute atomic E-state index is 9.16. The molecule has 0 saturated carbocycles. The molecule has 0 fully saturated rings. The quantitative estimate of drug-likeness (QED) is 0.782. The van der Waals surface area contributed by atoms with Crippen molar-refractivity contribution in [3.63, 3.8) is 0 Å². The van der Waals surface area contributed by atoms with E-state index >= 15 is 0 Å². The van der Waals surface area contributed by atoms with Crippen LogP contribution >= 0.6 is 11.8 Å². The lowest BCUT2D eigenvalue weighted by Crippen LogP contribution is -2.47. The molecule has 0 aliphatic rings. The predicted octanol–water partition coefficient (Wildman–Crippen LogP) is 1.19. The van der Waals surface area contributed by atoms with Crippen molar-refractivity contribution in [3.05, 3.63) is 6.33 Å². The van der Waals surface area contributed by atoms with E-state index in [2.05, 4.69) is 21.5 Å². The normalized spacial score (nSPS) is 14.8. The van der Waals surface area contributed by atoms with Crippen LogP contribution < -0.4 is 5.32 Å². The highest BCUT2D eigenvalue weighted by molar-refractivity contribution is 7.99. The van der Waals surface area contributed by atoms with Gasteiger partial charge in [0, 0.05) is 18.8 Å². The van der Waals surface area contributed by atoms with Crippen molar-refractivity contribution in [2.75, 3.05) is 5.75 Å². The molecule has 0 radical (unpaired) electrons. The van der Waals surface area contributed by atoms with E-state index < -0.39 is 5.54 Å². The maximum Gasteiger partial charge on any atom is 0.185 e. The highest BCUT2D eigenvalue weighted by Crippen LogP contribution is 2.19. The molecule has 0 spiro atoms. The molecule has 16 heavy (non-hydrogen) atoms. The smallest absolute Gasteiger partial charge is 0.185 e. The van der Waals surface area contributed by atoms with Crippen molar-refractivity contribution in [2.45, 2.75) is 37.5 Å². The summed E-state index contributed by atoms with van der Waals surface area (Å²) in [7, 11) is 1.84. The summed E-state index contributed by atoms with van der Waals surface area (Å²) in [5.74, 6) is 0.647. The molecular formula is C10H17N5S. The van der Waals surface area contributed by atoms with Crippen LogP contribution in [0.4, 0.5) is 0 Å². The first-order valence-electron chi connectivity index (χ1n) is 5.12. The van der Waals surface area contributed by atoms with Crippen LogP contribution in [0.2, 0.25) is 0 Å². The molecule has 0 saturated heterocycles. The Bertz CT molecular complexity index is 381. The molecule has 0 aromatic carbocycles. The Morgan fingerprint density at radius 2 is 2.38 bits per heavy atom. The highest BCUT2D eigenvalue weighted by atomic mass is 32.2. The molecular weight excluding hydrogens is 222 g/mol. The number of aryl methyl sites for hydroxylation is 1. The van der Waals surface area contributed by atoms with E-state index in [1.807, 2.05) is 27.8 Å². The molecule has 1 atom stereocenters. The topological polar surface area (TPSA) is 66.5 Å². The lowest BCUT2D eigenvalue weighted by Gasteiger charge is -2.25. The first-order valence-corrected chi connectivity index (χ1v) is 6.11. The molecule has 88 valence electrons. The molecule has 1 unspecified atom stereocenters. The number of hydrogen-bond donors (Lipinski definition) is 1. The van der Waals surface area contributed by atoms with Gasteiger partial charge in [0.05, 0.1) is 6.07 Å². The van der Waals surface area contributed by atoms with Gasteiger partial charge < -0.3 is 0 Å². The van der Waals surface area contributed by atoms with Crippen LogP contribution in [-0.2, 0) is 7.05 Å². The van der Waals surface area contributed by atoms with Gasteiger partial charge in [-0.1, -0.05) is 11.8 Å². The minimum Gasteiger partial charge on any atom is -0.297 e. The fourth-order valence-corrected chi connectivity index (χ4v) is 2.29. The summed E-state index contributed by atoms with van der Waals surface area (Å²) in [6.45, 7) is 5.96. The number of thioether (sulfide) groups is 1. The van der Waals surface area contributed by atoms with Gasteiger partial charge in [-0.3, -0.25) is 5.32 Å². The fraction of sp³-hybridized carbons (Fsp3) is 0.700. The summed E-state index contributed by atoms with van der Waals surface area (Å²) >= 11 is 1.53. The molecule has 5 nitrogen and oxygen atoms in total. The molecule has 1 rings (SSSR count). The minimum atomic E-state index is -0.537. The van der Waals surface area contributed by atoms with Gasteiger partial charge in [-0.05, 0) is 20.8 Å². The molecule has 0 amide bonds. The van der Waals surface area contributed by atoms with Crippen LogP contribution in [0.15, 0.2) is 11.5 Å². The zero-order chi connectivity index (χ0) is 12.2. The molecule has 6 heteroatoms. The second-order valence-corrected chi connectivity index (χ2v) is 5.14. The predicted molar refractivity (Wildman–Crippen MR) is 64.0 cm³/mol. The number of nitrogens with one attached hydrogen (secondary N) is 1. The van der Waals surface area contributed by atoms with Crippen LogP contribution in [-0.4, -0.2) is 32.1 Å². The molecule has 1 N–H and O–H groups in total. The van der Waals surface area contributed by atoms with Gasteiger partial charge in [0.1, 0.15) is 11.9 Å². The lowest BCUT2D eigenvalue weighted by molar-refractivity contribution is 0.443. The summed E-state index contributed by atoms with van der Waals surface area (Å²) in [6, 6.07) is 2.58. The summed E-state index contributed by atoms with van der Waals surface area (Å²) in [4.78, 5) is 4.11. The van der Waals surface area contributed by atoms with E-state index in [1.54, 1.807) is 4.68 Å². The number of hydrogen-bond acceptors (Lipinski definition) is 5. The van der Waals surface area contributed by atoms with Crippen LogP contribution in [0.3, 0.4) is 0 Å². The van der Waals surface area contributed by atoms with Gasteiger partial charge in [-0.2, -0.15) is 10.4 Å². The zero-order valence-corrected chi connectivity index (χ0v) is 10.9. The number of nitrogens with zero attached hydrogens (tertiary/aromatic N) is 4. The zero-order valence-electron chi connectivity index (χ0n) is 10.1. The van der Waals surface area contributed by atoms with E-state index in [4.69, 9.17) is 5.26 Å². The maximum atomic E-state index is 9.16. The molecule has 1 aromatic heterocycles. The first kappa shape index (κ1) is 13.0. The summed E-state index contributed by atoms with van der Waals surface area (Å²) in [5.41, 5.74) is -0.537. The molecule has 0 aliphatic heterocycles. The second kappa shape index (κ2) is 5.32. The summed E-state index contributed by atoms with van der Waals surface area (Å²) < 4.78 is 1.71. The Kier molecular flexibility index (Phi) is 4.33. The van der Waals surface area contributed by atoms with Gasteiger partial charge in [0.25, 0.3) is 0 Å². The van der Waals surface area contributed by atoms with Gasteiger partial charge in [0.15, 0.2) is 5.16 Å². The fourth-order valence-electron chi connectivity index (χ4n) is 1.37. The first-order chi connectivity index (χ1) is 7.47. The Morgan fingerprint density at radius 3 is 2.81 bits per heavy atom. The van der Waals surface area contributed by atoms with E-state index in [-0.39, 0.29) is 6.04 Å². The summed E-state index contributed by atoms with van der Waals surface area (Å²) in [6.07, 6.45) is 1.52. The van der Waals surface area contributed by atoms with E-state index in [0.29, 0.717) is 5.75 Å². The monoisotopic (exact) mass is 239 g/mol. The van der Waals surface area contributed by atoms with Crippen LogP contribution in [0.1, 0.15) is 20.8 Å². The SMILES string of the molecule is CC(C)NC(C)(C#N)CSc1ncnn1C. The summed E-state index contributed by atoms with van der Waals surface area (Å²) in [5, 5.41) is 17.2. The Labute approximate surface area is 100 Å². The van der Waals surface area contributed by atoms with Crippen LogP contribution in [0.25, 0.3) is 0 Å². The Balaban J connectivity index is 2.59. The van der Waals surface area contributed by atoms with Gasteiger partial charge in [0.2, 0.25) is 0 Å². The van der Waals surface area contributed by atoms with Crippen molar-refractivity contribution >= 4 is 11.8 Å². The largest absolute Gasteiger partial charge is 0.297 e. The average Bonchev–Trinajstić information content (AvgIpc) is 2.60. The van der Waals surface area contributed by atoms with Crippen molar-refractivity contribution in [1.82, 2.24) is 20.1 Å². The molecule has 0 bridgehead atoms. The highest BCUT2D eigenvalue weighted by Gasteiger charge is 2.25. The average molecular weight is 239 g/mol. The molecule has 1 heterocycles. The van der Waals surface area contributed by atoms with Crippen molar-refractivity contribution in [2.24, 2.45) is 7.05 Å². The molecule has 1 aromatic rings. The number of rotatable bonds is 5. The third-order valence-electron chi connectivity index (χ3n) is 2.01. The minimum absolute atomic E-state index is 0.282. The third-order valence-corrected chi connectivity index (χ3v) is 3.36. The third kappa shape index (κ3) is 3.51. The standard InChI is InChI=1S/C10H17N5S/c1-8(2)14-10(3,5-11)6-16-9-12-7-13-15(9)4/h7-8,14H,6H2,1-4H3. The van der Waals surface area contributed by atoms with E-state index in [1.165, 1.54) is 18.1 Å². The lowest BCUT2D eigenvalue weighted by atomic mass is 10.1. The van der Waals surface area contributed by atoms with Gasteiger partial charge in [-0.25, -0.2) is 9.67 Å². The van der Waals surface area contributed by atoms with E-state index in [9.17, 15) is 0 Å². The van der Waals surface area contributed by atoms with Crippen molar-refractivity contribution in [1.29, 1.82) is 5.26 Å². The number of nitriles is 1. The van der Waals surface area contributed by atoms with Crippen LogP contribution in [0, 0.1) is 11.3 Å². The Hall–Kier alpha value is -1.06. The van der Waals surface area contributed by atoms with Crippen molar-refractivity contribution < 1.29 is 0 Å². The van der Waals surface area contributed by atoms with Crippen molar-refractivity contribution in [3.8, 4) is 6.07 Å². The van der Waals surface area contributed by atoms with E-state index in [0.717, 1.165) is 5.16 Å². The Morgan fingerprint density at radius 1 is 1.69 bits per heavy atom. The molecule has 0 aliphatic carbocycles. The van der Waals surface area contributed by atoms with Gasteiger partial charge in [-0.15, -0.1) is 0 Å².